The third kappa shape index (κ3) is 5.10. The van der Waals surface area contributed by atoms with Gasteiger partial charge in [-0.3, -0.25) is 4.79 Å². The Labute approximate surface area is 209 Å². The number of rotatable bonds is 5. The first-order valence-corrected chi connectivity index (χ1v) is 12.7. The van der Waals surface area contributed by atoms with Gasteiger partial charge in [0.05, 0.1) is 32.7 Å². The van der Waals surface area contributed by atoms with E-state index in [1.165, 1.54) is 11.1 Å². The number of benzene rings is 2. The van der Waals surface area contributed by atoms with Crippen LogP contribution in [0.1, 0.15) is 63.3 Å². The molecule has 5 nitrogen and oxygen atoms in total. The predicted molar refractivity (Wildman–Crippen MR) is 137 cm³/mol. The van der Waals surface area contributed by atoms with Crippen LogP contribution in [0.4, 0.5) is 0 Å². The summed E-state index contributed by atoms with van der Waals surface area (Å²) in [5.41, 5.74) is 1.29. The van der Waals surface area contributed by atoms with Crippen molar-refractivity contribution in [2.75, 3.05) is 0 Å². The predicted octanol–water partition coefficient (Wildman–Crippen LogP) is 7.29. The lowest BCUT2D eigenvalue weighted by atomic mass is 9.88. The van der Waals surface area contributed by atoms with E-state index in [1.807, 2.05) is 32.0 Å². The molecule has 0 N–H and O–H groups in total. The standard InChI is InChI=1S/C24H24Br2ClN3O2/c1-14(2)32-22-19(26)10-15(11-20(22)27)13-28-30-23(16-6-4-3-5-7-16)29-21-9-8-17(25)12-18(21)24(30)31/h8-14,16H,3-7H2,1-2H3. The van der Waals surface area contributed by atoms with Gasteiger partial charge < -0.3 is 4.74 Å². The molecule has 0 radical (unpaired) electrons. The van der Waals surface area contributed by atoms with Crippen molar-refractivity contribution in [2.24, 2.45) is 5.10 Å². The van der Waals surface area contributed by atoms with Gasteiger partial charge in [0.15, 0.2) is 5.75 Å². The van der Waals surface area contributed by atoms with Crippen LogP contribution in [-0.2, 0) is 0 Å². The Kier molecular flexibility index (Phi) is 7.37. The lowest BCUT2D eigenvalue weighted by Crippen LogP contribution is -2.25. The van der Waals surface area contributed by atoms with Gasteiger partial charge in [0.25, 0.3) is 5.56 Å². The highest BCUT2D eigenvalue weighted by molar-refractivity contribution is 9.10. The molecule has 32 heavy (non-hydrogen) atoms. The van der Waals surface area contributed by atoms with Crippen molar-refractivity contribution in [1.29, 1.82) is 0 Å². The van der Waals surface area contributed by atoms with Crippen LogP contribution in [0, 0.1) is 0 Å². The molecule has 0 bridgehead atoms. The summed E-state index contributed by atoms with van der Waals surface area (Å²) < 4.78 is 8.81. The van der Waals surface area contributed by atoms with Crippen molar-refractivity contribution < 1.29 is 4.74 Å². The summed E-state index contributed by atoms with van der Waals surface area (Å²) in [7, 11) is 0. The Morgan fingerprint density at radius 2 is 1.94 bits per heavy atom. The van der Waals surface area contributed by atoms with Gasteiger partial charge >= 0.3 is 0 Å². The first kappa shape index (κ1) is 23.5. The number of halogens is 3. The maximum absolute atomic E-state index is 13.4. The van der Waals surface area contributed by atoms with Crippen molar-refractivity contribution >= 4 is 60.6 Å². The zero-order valence-electron chi connectivity index (χ0n) is 17.9. The van der Waals surface area contributed by atoms with Gasteiger partial charge in [-0.2, -0.15) is 9.78 Å². The minimum Gasteiger partial charge on any atom is -0.488 e. The maximum atomic E-state index is 13.4. The Hall–Kier alpha value is -1.70. The molecule has 1 aliphatic carbocycles. The first-order valence-electron chi connectivity index (χ1n) is 10.8. The van der Waals surface area contributed by atoms with Crippen molar-refractivity contribution in [1.82, 2.24) is 9.66 Å². The number of fused-ring (bicyclic) bond motifs is 1. The number of ether oxygens (including phenoxy) is 1. The fourth-order valence-corrected chi connectivity index (χ4v) is 5.35. The van der Waals surface area contributed by atoms with E-state index in [2.05, 4.69) is 37.0 Å². The summed E-state index contributed by atoms with van der Waals surface area (Å²) in [6.45, 7) is 3.89. The maximum Gasteiger partial charge on any atom is 0.282 e. The molecule has 168 valence electrons. The molecule has 1 aliphatic rings. The van der Waals surface area contributed by atoms with Gasteiger partial charge in [0, 0.05) is 10.4 Å². The largest absolute Gasteiger partial charge is 0.488 e. The molecule has 0 amide bonds. The molecular weight excluding hydrogens is 558 g/mol. The van der Waals surface area contributed by atoms with Crippen LogP contribution >= 0.6 is 43.5 Å². The molecule has 2 aromatic carbocycles. The molecule has 8 heteroatoms. The second kappa shape index (κ2) is 10.1. The smallest absolute Gasteiger partial charge is 0.282 e. The van der Waals surface area contributed by atoms with E-state index in [-0.39, 0.29) is 17.6 Å². The molecule has 1 aromatic heterocycles. The van der Waals surface area contributed by atoms with E-state index in [0.717, 1.165) is 46.0 Å². The lowest BCUT2D eigenvalue weighted by molar-refractivity contribution is 0.241. The minimum atomic E-state index is -0.168. The molecule has 0 aliphatic heterocycles. The van der Waals surface area contributed by atoms with Crippen molar-refractivity contribution in [3.8, 4) is 5.75 Å². The van der Waals surface area contributed by atoms with Crippen molar-refractivity contribution in [3.63, 3.8) is 0 Å². The topological polar surface area (TPSA) is 56.5 Å². The van der Waals surface area contributed by atoms with Crippen LogP contribution in [0.15, 0.2) is 49.2 Å². The van der Waals surface area contributed by atoms with E-state index in [1.54, 1.807) is 18.3 Å². The van der Waals surface area contributed by atoms with Gasteiger partial charge in [-0.05, 0) is 78.5 Å². The Morgan fingerprint density at radius 3 is 2.62 bits per heavy atom. The lowest BCUT2D eigenvalue weighted by Gasteiger charge is -2.22. The number of hydrogen-bond acceptors (Lipinski definition) is 4. The monoisotopic (exact) mass is 579 g/mol. The first-order chi connectivity index (χ1) is 15.3. The molecular formula is C24H24Br2ClN3O2. The highest BCUT2D eigenvalue weighted by Gasteiger charge is 2.22. The average molecular weight is 582 g/mol. The van der Waals surface area contributed by atoms with Crippen LogP contribution < -0.4 is 10.3 Å². The van der Waals surface area contributed by atoms with Crippen molar-refractivity contribution in [2.45, 2.75) is 58.0 Å². The molecule has 0 saturated heterocycles. The zero-order valence-corrected chi connectivity index (χ0v) is 21.9. The molecule has 3 aromatic rings. The summed E-state index contributed by atoms with van der Waals surface area (Å²) in [6.07, 6.45) is 7.19. The summed E-state index contributed by atoms with van der Waals surface area (Å²) in [5.74, 6) is 1.54. The molecule has 0 spiro atoms. The summed E-state index contributed by atoms with van der Waals surface area (Å²) in [5, 5.41) is 5.60. The van der Waals surface area contributed by atoms with Gasteiger partial charge in [0.1, 0.15) is 5.82 Å². The van der Waals surface area contributed by atoms with Crippen LogP contribution in [0.25, 0.3) is 10.9 Å². The van der Waals surface area contributed by atoms with Gasteiger partial charge in [-0.1, -0.05) is 46.8 Å². The van der Waals surface area contributed by atoms with Gasteiger partial charge in [-0.15, -0.1) is 0 Å². The highest BCUT2D eigenvalue weighted by atomic mass is 79.9. The van der Waals surface area contributed by atoms with Crippen LogP contribution in [0.5, 0.6) is 5.75 Å². The summed E-state index contributed by atoms with van der Waals surface area (Å²) in [4.78, 5) is 18.3. The third-order valence-electron chi connectivity index (χ3n) is 5.50. The number of aromatic nitrogens is 2. The second-order valence-electron chi connectivity index (χ2n) is 8.31. The fourth-order valence-electron chi connectivity index (χ4n) is 4.03. The molecule has 0 atom stereocenters. The summed E-state index contributed by atoms with van der Waals surface area (Å²) >= 11 is 13.4. The van der Waals surface area contributed by atoms with Crippen molar-refractivity contribution in [3.05, 3.63) is 66.0 Å². The number of hydrogen-bond donors (Lipinski definition) is 0. The highest BCUT2D eigenvalue weighted by Crippen LogP contribution is 2.35. The molecule has 0 unspecified atom stereocenters. The average Bonchev–Trinajstić information content (AvgIpc) is 2.76. The third-order valence-corrected chi connectivity index (χ3v) is 6.86. The quantitative estimate of drug-likeness (QED) is 0.297. The van der Waals surface area contributed by atoms with E-state index >= 15 is 0 Å². The molecule has 1 fully saturated rings. The van der Waals surface area contributed by atoms with Gasteiger partial charge in [0.2, 0.25) is 0 Å². The normalized spacial score (nSPS) is 15.2. The second-order valence-corrected chi connectivity index (χ2v) is 10.5. The van der Waals surface area contributed by atoms with Gasteiger partial charge in [-0.25, -0.2) is 4.98 Å². The van der Waals surface area contributed by atoms with E-state index in [4.69, 9.17) is 21.3 Å². The fraction of sp³-hybridized carbons (Fsp3) is 0.375. The Balaban J connectivity index is 1.80. The van der Waals surface area contributed by atoms with E-state index < -0.39 is 0 Å². The SMILES string of the molecule is CC(C)Oc1c(Cl)cc(C=Nn2c(C3CCCCC3)nc3ccc(Br)cc3c2=O)cc1Br. The minimum absolute atomic E-state index is 0.00273. The van der Waals surface area contributed by atoms with Crippen LogP contribution in [0.2, 0.25) is 5.02 Å². The molecule has 4 rings (SSSR count). The number of nitrogens with zero attached hydrogens (tertiary/aromatic N) is 3. The van der Waals surface area contributed by atoms with E-state index in [9.17, 15) is 4.79 Å². The molecule has 1 saturated carbocycles. The zero-order chi connectivity index (χ0) is 22.8. The Morgan fingerprint density at radius 1 is 1.19 bits per heavy atom. The van der Waals surface area contributed by atoms with E-state index in [0.29, 0.717) is 21.7 Å². The summed E-state index contributed by atoms with van der Waals surface area (Å²) in [6, 6.07) is 9.25. The molecule has 1 heterocycles. The van der Waals surface area contributed by atoms with Crippen LogP contribution in [0.3, 0.4) is 0 Å². The van der Waals surface area contributed by atoms with Crippen LogP contribution in [-0.4, -0.2) is 22.0 Å². The Bertz CT molecular complexity index is 1210.